The van der Waals surface area contributed by atoms with Gasteiger partial charge in [0.2, 0.25) is 0 Å². The van der Waals surface area contributed by atoms with Crippen molar-refractivity contribution in [2.45, 2.75) is 18.9 Å². The van der Waals surface area contributed by atoms with Crippen molar-refractivity contribution >= 4 is 11.9 Å². The van der Waals surface area contributed by atoms with Gasteiger partial charge in [0, 0.05) is 0 Å². The molecule has 0 saturated carbocycles. The fourth-order valence-electron chi connectivity index (χ4n) is 3.13. The van der Waals surface area contributed by atoms with Gasteiger partial charge in [0.25, 0.3) is 5.91 Å². The summed E-state index contributed by atoms with van der Waals surface area (Å²) in [7, 11) is 1.57. The smallest absolute Gasteiger partial charge is 0.325 e. The number of halogens is 1. The molecule has 6 nitrogen and oxygen atoms in total. The lowest BCUT2D eigenvalue weighted by molar-refractivity contribution is -0.132. The van der Waals surface area contributed by atoms with Crippen LogP contribution < -0.4 is 14.8 Å². The minimum Gasteiger partial charge on any atom is -0.497 e. The summed E-state index contributed by atoms with van der Waals surface area (Å²) >= 11 is 0. The Morgan fingerprint density at radius 2 is 1.67 bits per heavy atom. The van der Waals surface area contributed by atoms with Crippen LogP contribution in [0, 0.1) is 5.82 Å². The number of amides is 3. The van der Waals surface area contributed by atoms with E-state index < -0.39 is 11.6 Å². The molecule has 0 bridgehead atoms. The lowest BCUT2D eigenvalue weighted by Crippen LogP contribution is -2.43. The van der Waals surface area contributed by atoms with Crippen LogP contribution in [-0.4, -0.2) is 37.1 Å². The first-order valence-corrected chi connectivity index (χ1v) is 8.67. The zero-order valence-corrected chi connectivity index (χ0v) is 15.2. The normalized spacial score (nSPS) is 19.1. The molecular weight excluding hydrogens is 351 g/mol. The molecular formula is C20H21FN2O4. The predicted molar refractivity (Wildman–Crippen MR) is 97.1 cm³/mol. The van der Waals surface area contributed by atoms with Gasteiger partial charge in [-0.25, -0.2) is 9.18 Å². The molecule has 3 amide bonds. The molecule has 3 rings (SSSR count). The lowest BCUT2D eigenvalue weighted by Gasteiger charge is -2.26. The SMILES string of the molecule is CC[C@@]1(c2ccc(OC)cc2)NC(=O)N(CCOc2ccc(F)cc2)C1=O. The lowest BCUT2D eigenvalue weighted by atomic mass is 9.87. The fourth-order valence-corrected chi connectivity index (χ4v) is 3.13. The minimum atomic E-state index is -1.10. The van der Waals surface area contributed by atoms with Crippen LogP contribution in [0.1, 0.15) is 18.9 Å². The average Bonchev–Trinajstić information content (AvgIpc) is 2.94. The van der Waals surface area contributed by atoms with Crippen LogP contribution in [0.4, 0.5) is 9.18 Å². The monoisotopic (exact) mass is 372 g/mol. The fraction of sp³-hybridized carbons (Fsp3) is 0.300. The summed E-state index contributed by atoms with van der Waals surface area (Å²) in [5.74, 6) is 0.471. The first-order chi connectivity index (χ1) is 13.0. The molecule has 0 aromatic heterocycles. The molecule has 27 heavy (non-hydrogen) atoms. The third-order valence-electron chi connectivity index (χ3n) is 4.69. The molecule has 1 aliphatic heterocycles. The van der Waals surface area contributed by atoms with Crippen LogP contribution in [0.3, 0.4) is 0 Å². The summed E-state index contributed by atoms with van der Waals surface area (Å²) in [6, 6.07) is 12.2. The topological polar surface area (TPSA) is 67.9 Å². The Balaban J connectivity index is 1.71. The number of nitrogens with one attached hydrogen (secondary N) is 1. The highest BCUT2D eigenvalue weighted by Crippen LogP contribution is 2.33. The Hall–Kier alpha value is -3.09. The number of hydrogen-bond acceptors (Lipinski definition) is 4. The van der Waals surface area contributed by atoms with Crippen molar-refractivity contribution in [1.29, 1.82) is 0 Å². The standard InChI is InChI=1S/C20H21FN2O4/c1-3-20(14-4-8-16(26-2)9-5-14)18(24)23(19(25)22-20)12-13-27-17-10-6-15(21)7-11-17/h4-11H,3,12-13H2,1-2H3,(H,22,25)/t20-/m0/s1. The van der Waals surface area contributed by atoms with Gasteiger partial charge in [-0.05, 0) is 48.4 Å². The molecule has 142 valence electrons. The molecule has 1 atom stereocenters. The van der Waals surface area contributed by atoms with Crippen molar-refractivity contribution in [2.75, 3.05) is 20.3 Å². The average molecular weight is 372 g/mol. The van der Waals surface area contributed by atoms with Gasteiger partial charge in [-0.1, -0.05) is 19.1 Å². The highest BCUT2D eigenvalue weighted by atomic mass is 19.1. The Morgan fingerprint density at radius 3 is 2.26 bits per heavy atom. The Bertz CT molecular complexity index is 823. The van der Waals surface area contributed by atoms with E-state index in [1.54, 1.807) is 31.4 Å². The van der Waals surface area contributed by atoms with Gasteiger partial charge in [-0.2, -0.15) is 0 Å². The number of carbonyl (C=O) groups excluding carboxylic acids is 2. The molecule has 2 aromatic rings. The predicted octanol–water partition coefficient (Wildman–Crippen LogP) is 3.07. The van der Waals surface area contributed by atoms with E-state index in [4.69, 9.17) is 9.47 Å². The molecule has 0 radical (unpaired) electrons. The third-order valence-corrected chi connectivity index (χ3v) is 4.69. The Labute approximate surface area is 156 Å². The van der Waals surface area contributed by atoms with Crippen molar-refractivity contribution in [1.82, 2.24) is 10.2 Å². The summed E-state index contributed by atoms with van der Waals surface area (Å²) < 4.78 is 23.6. The molecule has 0 aliphatic carbocycles. The highest BCUT2D eigenvalue weighted by Gasteiger charge is 2.51. The minimum absolute atomic E-state index is 0.0972. The van der Waals surface area contributed by atoms with E-state index in [0.29, 0.717) is 23.5 Å². The van der Waals surface area contributed by atoms with Crippen LogP contribution in [-0.2, 0) is 10.3 Å². The summed E-state index contributed by atoms with van der Waals surface area (Å²) in [6.45, 7) is 2.06. The molecule has 1 heterocycles. The third kappa shape index (κ3) is 3.58. The zero-order valence-electron chi connectivity index (χ0n) is 15.2. The number of imide groups is 1. The van der Waals surface area contributed by atoms with Gasteiger partial charge in [-0.15, -0.1) is 0 Å². The molecule has 2 aromatic carbocycles. The number of urea groups is 1. The van der Waals surface area contributed by atoms with Gasteiger partial charge < -0.3 is 14.8 Å². The van der Waals surface area contributed by atoms with Crippen molar-refractivity contribution < 1.29 is 23.5 Å². The first-order valence-electron chi connectivity index (χ1n) is 8.67. The van der Waals surface area contributed by atoms with Gasteiger partial charge in [0.15, 0.2) is 0 Å². The summed E-state index contributed by atoms with van der Waals surface area (Å²) in [5, 5.41) is 2.82. The van der Waals surface area contributed by atoms with Gasteiger partial charge in [0.1, 0.15) is 29.5 Å². The molecule has 1 saturated heterocycles. The summed E-state index contributed by atoms with van der Waals surface area (Å²) in [5.41, 5.74) is -0.398. The van der Waals surface area contributed by atoms with Gasteiger partial charge >= 0.3 is 6.03 Å². The Kier molecular flexibility index (Phi) is 5.30. The van der Waals surface area contributed by atoms with Crippen molar-refractivity contribution in [2.24, 2.45) is 0 Å². The van der Waals surface area contributed by atoms with E-state index in [1.165, 1.54) is 24.3 Å². The van der Waals surface area contributed by atoms with E-state index in [0.717, 1.165) is 4.90 Å². The Morgan fingerprint density at radius 1 is 1.04 bits per heavy atom. The number of rotatable bonds is 7. The van der Waals surface area contributed by atoms with Crippen molar-refractivity contribution in [3.8, 4) is 11.5 Å². The zero-order chi connectivity index (χ0) is 19.4. The van der Waals surface area contributed by atoms with Crippen LogP contribution in [0.2, 0.25) is 0 Å². The molecule has 0 unspecified atom stereocenters. The maximum atomic E-state index is 13.0. The van der Waals surface area contributed by atoms with Crippen LogP contribution >= 0.6 is 0 Å². The second-order valence-electron chi connectivity index (χ2n) is 6.18. The summed E-state index contributed by atoms with van der Waals surface area (Å²) in [4.78, 5) is 26.6. The van der Waals surface area contributed by atoms with Gasteiger partial charge in [0.05, 0.1) is 13.7 Å². The number of ether oxygens (including phenoxy) is 2. The molecule has 0 spiro atoms. The number of benzene rings is 2. The largest absolute Gasteiger partial charge is 0.497 e. The molecule has 1 N–H and O–H groups in total. The van der Waals surface area contributed by atoms with Crippen LogP contribution in [0.15, 0.2) is 48.5 Å². The molecule has 7 heteroatoms. The molecule has 1 aliphatic rings. The van der Waals surface area contributed by atoms with E-state index >= 15 is 0 Å². The maximum absolute atomic E-state index is 13.0. The van der Waals surface area contributed by atoms with Gasteiger partial charge in [-0.3, -0.25) is 9.69 Å². The number of hydrogen-bond donors (Lipinski definition) is 1. The van der Waals surface area contributed by atoms with Crippen molar-refractivity contribution in [3.05, 3.63) is 59.9 Å². The van der Waals surface area contributed by atoms with Crippen molar-refractivity contribution in [3.63, 3.8) is 0 Å². The van der Waals surface area contributed by atoms with E-state index in [9.17, 15) is 14.0 Å². The second kappa shape index (κ2) is 7.65. The first kappa shape index (κ1) is 18.7. The summed E-state index contributed by atoms with van der Waals surface area (Å²) in [6.07, 6.45) is 0.416. The van der Waals surface area contributed by atoms with E-state index in [2.05, 4.69) is 5.32 Å². The quantitative estimate of drug-likeness (QED) is 0.759. The second-order valence-corrected chi connectivity index (χ2v) is 6.18. The molecule has 1 fully saturated rings. The van der Waals surface area contributed by atoms with Crippen LogP contribution in [0.25, 0.3) is 0 Å². The number of carbonyl (C=O) groups is 2. The number of nitrogens with zero attached hydrogens (tertiary/aromatic N) is 1. The van der Waals surface area contributed by atoms with E-state index in [-0.39, 0.29) is 24.9 Å². The highest BCUT2D eigenvalue weighted by molar-refractivity contribution is 6.07. The van der Waals surface area contributed by atoms with Crippen LogP contribution in [0.5, 0.6) is 11.5 Å². The maximum Gasteiger partial charge on any atom is 0.325 e. The van der Waals surface area contributed by atoms with E-state index in [1.807, 2.05) is 6.92 Å². The number of methoxy groups -OCH3 is 1.